The van der Waals surface area contributed by atoms with Gasteiger partial charge in [-0.05, 0) is 96.3 Å². The SMILES string of the molecule is CC(=O)N1CCC(c2ccc(Cl)cc2)=C(CN2CCN(c3ccc(C(=O)NS(=O)(=O)c4ccc(N[C@H](CCN5CCOCC5)CSc5ccccc5)c(S(=O)(=O)C(F)(F)F)c4)cc3)CC2)C1. The molecule has 66 heavy (non-hydrogen) atoms. The number of alkyl halides is 3. The standard InChI is InChI=1S/C46H52ClF3N6O7S3/c1-33(57)56-20-18-42(34-7-11-37(47)12-8-34)36(31-56)30-54-21-23-55(24-22-54)39-13-9-35(10-14-39)45(58)52-66(61,62)41-15-16-43(44(29-41)65(59,60)46(48,49)50)51-38(17-19-53-25-27-63-28-26-53)32-64-40-5-3-2-4-6-40/h2-16,29,38,51H,17-28,30-32H2,1H3,(H,52,58)/t38-/m1/s1. The molecule has 4 aromatic rings. The van der Waals surface area contributed by atoms with Crippen molar-refractivity contribution in [1.29, 1.82) is 0 Å². The van der Waals surface area contributed by atoms with Gasteiger partial charge in [0.2, 0.25) is 5.91 Å². The van der Waals surface area contributed by atoms with E-state index in [1.165, 1.54) is 35.0 Å². The zero-order valence-electron chi connectivity index (χ0n) is 36.3. The molecule has 0 bridgehead atoms. The normalized spacial score (nSPS) is 17.4. The lowest BCUT2D eigenvalue weighted by Crippen LogP contribution is -2.48. The minimum atomic E-state index is -6.07. The molecule has 3 heterocycles. The highest BCUT2D eigenvalue weighted by atomic mass is 35.5. The Morgan fingerprint density at radius 3 is 2.17 bits per heavy atom. The van der Waals surface area contributed by atoms with Crippen LogP contribution in [-0.2, 0) is 29.4 Å². The van der Waals surface area contributed by atoms with E-state index in [1.54, 1.807) is 19.1 Å². The number of carbonyl (C=O) groups is 2. The van der Waals surface area contributed by atoms with E-state index in [9.17, 15) is 39.6 Å². The Labute approximate surface area is 393 Å². The lowest BCUT2D eigenvalue weighted by molar-refractivity contribution is -0.128. The van der Waals surface area contributed by atoms with Crippen LogP contribution in [0.25, 0.3) is 5.57 Å². The van der Waals surface area contributed by atoms with Crippen LogP contribution in [0.4, 0.5) is 24.5 Å². The molecule has 0 aliphatic carbocycles. The van der Waals surface area contributed by atoms with E-state index in [2.05, 4.69) is 20.0 Å². The Morgan fingerprint density at radius 2 is 1.52 bits per heavy atom. The molecule has 0 unspecified atom stereocenters. The number of piperazine rings is 1. The first-order chi connectivity index (χ1) is 31.5. The number of sulfonamides is 1. The fourth-order valence-electron chi connectivity index (χ4n) is 8.17. The quantitative estimate of drug-likeness (QED) is 0.113. The molecule has 3 aliphatic heterocycles. The van der Waals surface area contributed by atoms with Gasteiger partial charge in [-0.15, -0.1) is 11.8 Å². The summed E-state index contributed by atoms with van der Waals surface area (Å²) in [7, 11) is -10.9. The Bertz CT molecular complexity index is 2590. The molecule has 7 rings (SSSR count). The van der Waals surface area contributed by atoms with Crippen LogP contribution in [0.2, 0.25) is 5.02 Å². The van der Waals surface area contributed by atoms with Crippen molar-refractivity contribution in [1.82, 2.24) is 19.4 Å². The Kier molecular flexibility index (Phi) is 16.1. The van der Waals surface area contributed by atoms with Crippen molar-refractivity contribution < 1.29 is 44.3 Å². The molecule has 20 heteroatoms. The molecule has 4 aromatic carbocycles. The first-order valence-corrected chi connectivity index (χ1v) is 25.9. The number of sulfone groups is 1. The van der Waals surface area contributed by atoms with Crippen LogP contribution in [0.3, 0.4) is 0 Å². The van der Waals surface area contributed by atoms with Gasteiger partial charge in [0.15, 0.2) is 0 Å². The first kappa shape index (κ1) is 49.3. The number of amides is 2. The van der Waals surface area contributed by atoms with Crippen molar-refractivity contribution in [3.05, 3.63) is 119 Å². The molecular formula is C46H52ClF3N6O7S3. The third kappa shape index (κ3) is 12.5. The van der Waals surface area contributed by atoms with E-state index in [1.807, 2.05) is 64.2 Å². The average Bonchev–Trinajstić information content (AvgIpc) is 3.30. The largest absolute Gasteiger partial charge is 0.501 e. The second kappa shape index (κ2) is 21.5. The fraction of sp³-hybridized carbons (Fsp3) is 0.391. The Morgan fingerprint density at radius 1 is 0.833 bits per heavy atom. The second-order valence-electron chi connectivity index (χ2n) is 16.3. The summed E-state index contributed by atoms with van der Waals surface area (Å²) in [6, 6.07) is 25.2. The minimum Gasteiger partial charge on any atom is -0.380 e. The minimum absolute atomic E-state index is 0.0310. The van der Waals surface area contributed by atoms with Crippen LogP contribution in [0.5, 0.6) is 0 Å². The number of nitrogens with one attached hydrogen (secondary N) is 2. The molecule has 0 spiro atoms. The molecular weight excluding hydrogens is 937 g/mol. The van der Waals surface area contributed by atoms with Crippen molar-refractivity contribution in [3.8, 4) is 0 Å². The van der Waals surface area contributed by atoms with Crippen LogP contribution < -0.4 is 14.9 Å². The highest BCUT2D eigenvalue weighted by Crippen LogP contribution is 2.37. The van der Waals surface area contributed by atoms with E-state index in [4.69, 9.17) is 16.3 Å². The molecule has 2 saturated heterocycles. The van der Waals surface area contributed by atoms with Gasteiger partial charge in [0.05, 0.1) is 23.8 Å². The number of carbonyl (C=O) groups excluding carboxylic acids is 2. The Hall–Kier alpha value is -4.63. The lowest BCUT2D eigenvalue weighted by atomic mass is 9.92. The van der Waals surface area contributed by atoms with Gasteiger partial charge in [-0.3, -0.25) is 19.4 Å². The fourth-order valence-corrected chi connectivity index (χ4v) is 11.3. The van der Waals surface area contributed by atoms with Gasteiger partial charge in [0.1, 0.15) is 4.90 Å². The number of hydrogen-bond donors (Lipinski definition) is 2. The lowest BCUT2D eigenvalue weighted by Gasteiger charge is -2.38. The molecule has 2 amide bonds. The van der Waals surface area contributed by atoms with Gasteiger partial charge in [0, 0.05) is 105 Å². The molecule has 2 fully saturated rings. The van der Waals surface area contributed by atoms with Crippen LogP contribution in [-0.4, -0.2) is 139 Å². The summed E-state index contributed by atoms with van der Waals surface area (Å²) in [5.41, 5.74) is -1.91. The highest BCUT2D eigenvalue weighted by molar-refractivity contribution is 7.99. The van der Waals surface area contributed by atoms with Gasteiger partial charge in [-0.1, -0.05) is 41.9 Å². The van der Waals surface area contributed by atoms with Gasteiger partial charge in [-0.25, -0.2) is 21.6 Å². The van der Waals surface area contributed by atoms with Crippen molar-refractivity contribution >= 4 is 72.0 Å². The van der Waals surface area contributed by atoms with Crippen LogP contribution >= 0.6 is 23.4 Å². The number of morpholine rings is 1. The van der Waals surface area contributed by atoms with Crippen molar-refractivity contribution in [3.63, 3.8) is 0 Å². The summed E-state index contributed by atoms with van der Waals surface area (Å²) in [6.07, 6.45) is 1.18. The zero-order valence-corrected chi connectivity index (χ0v) is 39.5. The summed E-state index contributed by atoms with van der Waals surface area (Å²) >= 11 is 7.59. The third-order valence-corrected chi connectivity index (χ3v) is 16.2. The van der Waals surface area contributed by atoms with Crippen LogP contribution in [0.1, 0.15) is 35.7 Å². The van der Waals surface area contributed by atoms with E-state index in [0.29, 0.717) is 88.8 Å². The van der Waals surface area contributed by atoms with Gasteiger partial charge in [0.25, 0.3) is 25.8 Å². The van der Waals surface area contributed by atoms with Crippen LogP contribution in [0, 0.1) is 0 Å². The number of hydrogen-bond acceptors (Lipinski definition) is 12. The highest BCUT2D eigenvalue weighted by Gasteiger charge is 2.48. The molecule has 0 saturated carbocycles. The number of anilines is 2. The van der Waals surface area contributed by atoms with Gasteiger partial charge in [-0.2, -0.15) is 13.2 Å². The number of rotatable bonds is 16. The number of ether oxygens (including phenoxy) is 1. The Balaban J connectivity index is 1.02. The number of thioether (sulfide) groups is 1. The topological polar surface area (TPSA) is 149 Å². The maximum atomic E-state index is 14.2. The van der Waals surface area contributed by atoms with E-state index >= 15 is 0 Å². The van der Waals surface area contributed by atoms with E-state index < -0.39 is 52.8 Å². The molecule has 1 atom stereocenters. The zero-order chi connectivity index (χ0) is 47.1. The summed E-state index contributed by atoms with van der Waals surface area (Å²) in [5.74, 6) is -0.659. The monoisotopic (exact) mass is 988 g/mol. The molecule has 2 N–H and O–H groups in total. The third-order valence-electron chi connectivity index (χ3n) is 11.9. The van der Waals surface area contributed by atoms with Gasteiger partial charge < -0.3 is 19.9 Å². The maximum absolute atomic E-state index is 14.2. The average molecular weight is 990 g/mol. The predicted molar refractivity (Wildman–Crippen MR) is 251 cm³/mol. The summed E-state index contributed by atoms with van der Waals surface area (Å²) in [5, 5.41) is 3.64. The number of benzene rings is 4. The second-order valence-corrected chi connectivity index (χ2v) is 21.5. The predicted octanol–water partition coefficient (Wildman–Crippen LogP) is 6.88. The molecule has 354 valence electrons. The van der Waals surface area contributed by atoms with E-state index in [-0.39, 0.29) is 11.5 Å². The number of nitrogens with zero attached hydrogens (tertiary/aromatic N) is 4. The van der Waals surface area contributed by atoms with E-state index in [0.717, 1.165) is 47.8 Å². The molecule has 3 aliphatic rings. The molecule has 0 aromatic heterocycles. The number of halogens is 4. The first-order valence-electron chi connectivity index (χ1n) is 21.5. The maximum Gasteiger partial charge on any atom is 0.501 e. The van der Waals surface area contributed by atoms with Gasteiger partial charge >= 0.3 is 5.51 Å². The summed E-state index contributed by atoms with van der Waals surface area (Å²) in [4.78, 5) is 32.9. The summed E-state index contributed by atoms with van der Waals surface area (Å²) in [6.45, 7) is 9.22. The summed E-state index contributed by atoms with van der Waals surface area (Å²) < 4.78 is 103. The van der Waals surface area contributed by atoms with Crippen LogP contribution in [0.15, 0.2) is 117 Å². The van der Waals surface area contributed by atoms with Crippen molar-refractivity contribution in [2.75, 3.05) is 94.6 Å². The molecule has 13 nitrogen and oxygen atoms in total. The smallest absolute Gasteiger partial charge is 0.380 e. The van der Waals surface area contributed by atoms with Crippen molar-refractivity contribution in [2.45, 2.75) is 46.0 Å². The molecule has 0 radical (unpaired) electrons. The van der Waals surface area contributed by atoms with Crippen molar-refractivity contribution in [2.24, 2.45) is 0 Å².